The van der Waals surface area contributed by atoms with Gasteiger partial charge in [0.15, 0.2) is 0 Å². The maximum Gasteiger partial charge on any atom is 0.232 e. The summed E-state index contributed by atoms with van der Waals surface area (Å²) in [5.41, 5.74) is 1.56. The van der Waals surface area contributed by atoms with Gasteiger partial charge >= 0.3 is 0 Å². The van der Waals surface area contributed by atoms with E-state index in [-0.39, 0.29) is 11.3 Å². The molecular formula is C12H13ClN2O. The number of carbonyl (C=O) groups excluding carboxylic acids is 1. The lowest BCUT2D eigenvalue weighted by Crippen LogP contribution is -2.45. The van der Waals surface area contributed by atoms with Gasteiger partial charge in [0, 0.05) is 11.6 Å². The maximum atomic E-state index is 12.1. The van der Waals surface area contributed by atoms with E-state index in [9.17, 15) is 4.79 Å². The number of halogens is 1. The van der Waals surface area contributed by atoms with Crippen molar-refractivity contribution in [2.45, 2.75) is 19.3 Å². The first kappa shape index (κ1) is 9.97. The van der Waals surface area contributed by atoms with Crippen LogP contribution in [0.25, 0.3) is 0 Å². The highest BCUT2D eigenvalue weighted by molar-refractivity contribution is 6.31. The molecule has 3 nitrogen and oxygen atoms in total. The molecule has 2 N–H and O–H groups in total. The van der Waals surface area contributed by atoms with Crippen LogP contribution in [0.3, 0.4) is 0 Å². The van der Waals surface area contributed by atoms with Crippen LogP contribution in [0.15, 0.2) is 18.2 Å². The fraction of sp³-hybridized carbons (Fsp3) is 0.417. The van der Waals surface area contributed by atoms with E-state index in [1.807, 2.05) is 12.1 Å². The third kappa shape index (κ3) is 1.39. The monoisotopic (exact) mass is 236 g/mol. The second kappa shape index (κ2) is 3.39. The molecule has 0 radical (unpaired) electrons. The number of benzene rings is 1. The zero-order chi connectivity index (χ0) is 11.2. The molecule has 0 bridgehead atoms. The van der Waals surface area contributed by atoms with Gasteiger partial charge in [-0.15, -0.1) is 0 Å². The molecule has 1 amide bonds. The van der Waals surface area contributed by atoms with Gasteiger partial charge in [-0.1, -0.05) is 18.0 Å². The smallest absolute Gasteiger partial charge is 0.232 e. The summed E-state index contributed by atoms with van der Waals surface area (Å²) in [6, 6.07) is 5.54. The lowest BCUT2D eigenvalue weighted by atomic mass is 9.68. The fourth-order valence-corrected chi connectivity index (χ4v) is 2.55. The number of nitrogens with one attached hydrogen (secondary N) is 2. The second-order valence-electron chi connectivity index (χ2n) is 4.63. The van der Waals surface area contributed by atoms with E-state index in [2.05, 4.69) is 10.6 Å². The van der Waals surface area contributed by atoms with Crippen molar-refractivity contribution in [1.82, 2.24) is 0 Å². The predicted octanol–water partition coefficient (Wildman–Crippen LogP) is 2.87. The molecule has 1 saturated carbocycles. The fourth-order valence-electron chi connectivity index (χ4n) is 2.38. The third-order valence-corrected chi connectivity index (χ3v) is 3.87. The Kier molecular flexibility index (Phi) is 2.11. The average molecular weight is 237 g/mol. The van der Waals surface area contributed by atoms with E-state index < -0.39 is 0 Å². The van der Waals surface area contributed by atoms with E-state index in [0.717, 1.165) is 37.2 Å². The number of fused-ring (bicyclic) bond motifs is 1. The third-order valence-electron chi connectivity index (χ3n) is 3.64. The molecule has 1 aromatic rings. The summed E-state index contributed by atoms with van der Waals surface area (Å²) in [5, 5.41) is 6.95. The standard InChI is InChI=1S/C12H13ClN2O/c13-8-2-3-9-10(6-8)15-11(16)12(7-14-9)4-1-5-12/h2-3,6,14H,1,4-5,7H2,(H,15,16). The minimum Gasteiger partial charge on any atom is -0.382 e. The van der Waals surface area contributed by atoms with Crippen LogP contribution in [-0.2, 0) is 4.79 Å². The minimum atomic E-state index is -0.189. The summed E-state index contributed by atoms with van der Waals surface area (Å²) >= 11 is 5.92. The van der Waals surface area contributed by atoms with Crippen LogP contribution in [0, 0.1) is 5.41 Å². The molecule has 1 fully saturated rings. The van der Waals surface area contributed by atoms with E-state index in [4.69, 9.17) is 11.6 Å². The Hall–Kier alpha value is -1.22. The second-order valence-corrected chi connectivity index (χ2v) is 5.07. The highest BCUT2D eigenvalue weighted by Crippen LogP contribution is 2.44. The first-order valence-electron chi connectivity index (χ1n) is 5.55. The zero-order valence-electron chi connectivity index (χ0n) is 8.85. The van der Waals surface area contributed by atoms with Crippen molar-refractivity contribution in [3.8, 4) is 0 Å². The summed E-state index contributed by atoms with van der Waals surface area (Å²) in [4.78, 5) is 12.1. The van der Waals surface area contributed by atoms with Crippen molar-refractivity contribution in [2.75, 3.05) is 17.2 Å². The summed E-state index contributed by atoms with van der Waals surface area (Å²) in [5.74, 6) is 0.132. The molecule has 84 valence electrons. The largest absolute Gasteiger partial charge is 0.382 e. The summed E-state index contributed by atoms with van der Waals surface area (Å²) in [6.07, 6.45) is 3.10. The van der Waals surface area contributed by atoms with Crippen molar-refractivity contribution >= 4 is 28.9 Å². The van der Waals surface area contributed by atoms with Crippen LogP contribution in [0.4, 0.5) is 11.4 Å². The molecule has 1 heterocycles. The number of anilines is 2. The van der Waals surface area contributed by atoms with Crippen LogP contribution in [0.1, 0.15) is 19.3 Å². The molecule has 2 aliphatic rings. The Labute approximate surface area is 99.2 Å². The average Bonchev–Trinajstić information content (AvgIpc) is 2.32. The van der Waals surface area contributed by atoms with Crippen molar-refractivity contribution in [1.29, 1.82) is 0 Å². The molecule has 1 aliphatic carbocycles. The minimum absolute atomic E-state index is 0.132. The zero-order valence-corrected chi connectivity index (χ0v) is 9.60. The van der Waals surface area contributed by atoms with Crippen molar-refractivity contribution in [2.24, 2.45) is 5.41 Å². The normalized spacial score (nSPS) is 21.4. The Bertz CT molecular complexity index is 454. The molecule has 0 unspecified atom stereocenters. The lowest BCUT2D eigenvalue weighted by Gasteiger charge is -2.38. The van der Waals surface area contributed by atoms with Crippen LogP contribution in [0.2, 0.25) is 5.02 Å². The Morgan fingerprint density at radius 2 is 2.06 bits per heavy atom. The SMILES string of the molecule is O=C1Nc2cc(Cl)ccc2NCC12CCC2. The van der Waals surface area contributed by atoms with E-state index in [0.29, 0.717) is 5.02 Å². The molecule has 1 spiro atoms. The van der Waals surface area contributed by atoms with Gasteiger partial charge in [-0.25, -0.2) is 0 Å². The molecular weight excluding hydrogens is 224 g/mol. The van der Waals surface area contributed by atoms with Gasteiger partial charge in [0.1, 0.15) is 0 Å². The van der Waals surface area contributed by atoms with Crippen LogP contribution in [0.5, 0.6) is 0 Å². The van der Waals surface area contributed by atoms with E-state index >= 15 is 0 Å². The Morgan fingerprint density at radius 1 is 1.25 bits per heavy atom. The van der Waals surface area contributed by atoms with Gasteiger partial charge in [0.2, 0.25) is 5.91 Å². The van der Waals surface area contributed by atoms with Gasteiger partial charge in [-0.3, -0.25) is 4.79 Å². The van der Waals surface area contributed by atoms with E-state index in [1.165, 1.54) is 0 Å². The highest BCUT2D eigenvalue weighted by Gasteiger charge is 2.45. The van der Waals surface area contributed by atoms with Gasteiger partial charge in [0.25, 0.3) is 0 Å². The number of hydrogen-bond acceptors (Lipinski definition) is 2. The molecule has 0 atom stereocenters. The van der Waals surface area contributed by atoms with Gasteiger partial charge in [0.05, 0.1) is 16.8 Å². The quantitative estimate of drug-likeness (QED) is 0.727. The molecule has 16 heavy (non-hydrogen) atoms. The van der Waals surface area contributed by atoms with Crippen LogP contribution in [-0.4, -0.2) is 12.5 Å². The van der Waals surface area contributed by atoms with Gasteiger partial charge in [-0.05, 0) is 31.0 Å². The highest BCUT2D eigenvalue weighted by atomic mass is 35.5. The summed E-state index contributed by atoms with van der Waals surface area (Å²) < 4.78 is 0. The molecule has 1 aromatic carbocycles. The number of carbonyl (C=O) groups is 1. The maximum absolute atomic E-state index is 12.1. The van der Waals surface area contributed by atoms with Gasteiger partial charge < -0.3 is 10.6 Å². The van der Waals surface area contributed by atoms with Crippen molar-refractivity contribution in [3.63, 3.8) is 0 Å². The first-order valence-corrected chi connectivity index (χ1v) is 5.92. The van der Waals surface area contributed by atoms with Crippen molar-refractivity contribution < 1.29 is 4.79 Å². The summed E-state index contributed by atoms with van der Waals surface area (Å²) in [7, 11) is 0. The molecule has 4 heteroatoms. The Balaban J connectivity index is 1.97. The summed E-state index contributed by atoms with van der Waals surface area (Å²) in [6.45, 7) is 0.730. The predicted molar refractivity (Wildman–Crippen MR) is 64.9 cm³/mol. The molecule has 0 saturated heterocycles. The Morgan fingerprint density at radius 3 is 2.75 bits per heavy atom. The molecule has 0 aromatic heterocycles. The number of rotatable bonds is 0. The lowest BCUT2D eigenvalue weighted by molar-refractivity contribution is -0.129. The molecule has 1 aliphatic heterocycles. The van der Waals surface area contributed by atoms with Crippen LogP contribution < -0.4 is 10.6 Å². The van der Waals surface area contributed by atoms with Gasteiger partial charge in [-0.2, -0.15) is 0 Å². The number of hydrogen-bond donors (Lipinski definition) is 2. The molecule has 3 rings (SSSR count). The van der Waals surface area contributed by atoms with E-state index in [1.54, 1.807) is 6.07 Å². The first-order chi connectivity index (χ1) is 7.70. The number of amides is 1. The van der Waals surface area contributed by atoms with Crippen LogP contribution >= 0.6 is 11.6 Å². The van der Waals surface area contributed by atoms with Crippen molar-refractivity contribution in [3.05, 3.63) is 23.2 Å². The topological polar surface area (TPSA) is 41.1 Å².